The molecular formula is C21H24N4O4S2. The molecule has 1 aromatic carbocycles. The van der Waals surface area contributed by atoms with Crippen molar-refractivity contribution < 1.29 is 17.9 Å². The van der Waals surface area contributed by atoms with Crippen LogP contribution in [0.5, 0.6) is 0 Å². The summed E-state index contributed by atoms with van der Waals surface area (Å²) in [5.41, 5.74) is 3.24. The number of carbonyl (C=O) groups excluding carboxylic acids is 1. The Morgan fingerprint density at radius 3 is 2.61 bits per heavy atom. The number of hydrogen-bond donors (Lipinski definition) is 1. The van der Waals surface area contributed by atoms with Crippen LogP contribution < -0.4 is 5.32 Å². The number of nitriles is 1. The second-order valence-electron chi connectivity index (χ2n) is 7.20. The number of thioether (sulfide) groups is 1. The highest BCUT2D eigenvalue weighted by atomic mass is 32.2. The molecule has 1 N–H and O–H groups in total. The monoisotopic (exact) mass is 460 g/mol. The molecule has 1 amide bonds. The molecule has 1 saturated heterocycles. The van der Waals surface area contributed by atoms with Crippen molar-refractivity contribution in [3.63, 3.8) is 0 Å². The quantitative estimate of drug-likeness (QED) is 0.660. The normalized spacial score (nSPS) is 14.8. The summed E-state index contributed by atoms with van der Waals surface area (Å²) >= 11 is 1.18. The first-order valence-corrected chi connectivity index (χ1v) is 12.1. The number of aromatic nitrogens is 1. The number of ether oxygens (including phenoxy) is 1. The maximum Gasteiger partial charge on any atom is 0.243 e. The third-order valence-electron chi connectivity index (χ3n) is 4.85. The lowest BCUT2D eigenvalue weighted by molar-refractivity contribution is -0.113. The summed E-state index contributed by atoms with van der Waals surface area (Å²) in [7, 11) is -3.66. The largest absolute Gasteiger partial charge is 0.379 e. The van der Waals surface area contributed by atoms with Crippen molar-refractivity contribution >= 4 is 33.4 Å². The van der Waals surface area contributed by atoms with Gasteiger partial charge in [-0.1, -0.05) is 17.8 Å². The lowest BCUT2D eigenvalue weighted by Gasteiger charge is -2.26. The molecule has 0 unspecified atom stereocenters. The minimum Gasteiger partial charge on any atom is -0.379 e. The van der Waals surface area contributed by atoms with Gasteiger partial charge in [0.25, 0.3) is 0 Å². The first-order valence-electron chi connectivity index (χ1n) is 9.72. The molecule has 3 rings (SSSR count). The SMILES string of the molecule is Cc1cc(C)c(C#N)c(SCC(=O)Nc2cc(S(=O)(=O)N3CCOCC3)ccc2C)n1. The van der Waals surface area contributed by atoms with Crippen molar-refractivity contribution in [2.24, 2.45) is 0 Å². The third-order valence-corrected chi connectivity index (χ3v) is 7.72. The van der Waals surface area contributed by atoms with Crippen molar-refractivity contribution in [3.8, 4) is 6.07 Å². The molecule has 1 fully saturated rings. The number of pyridine rings is 1. The number of carbonyl (C=O) groups is 1. The fourth-order valence-corrected chi connectivity index (χ4v) is 5.53. The van der Waals surface area contributed by atoms with Gasteiger partial charge in [0.1, 0.15) is 11.1 Å². The van der Waals surface area contributed by atoms with Gasteiger partial charge in [0.2, 0.25) is 15.9 Å². The van der Waals surface area contributed by atoms with E-state index >= 15 is 0 Å². The van der Waals surface area contributed by atoms with Crippen LogP contribution in [-0.2, 0) is 19.6 Å². The highest BCUT2D eigenvalue weighted by molar-refractivity contribution is 8.00. The fourth-order valence-electron chi connectivity index (χ4n) is 3.20. The van der Waals surface area contributed by atoms with Crippen LogP contribution in [0.3, 0.4) is 0 Å². The zero-order valence-electron chi connectivity index (χ0n) is 17.6. The van der Waals surface area contributed by atoms with Crippen molar-refractivity contribution in [2.45, 2.75) is 30.7 Å². The maximum atomic E-state index is 12.9. The Kier molecular flexibility index (Phi) is 7.33. The topological polar surface area (TPSA) is 112 Å². The Hall–Kier alpha value is -2.45. The van der Waals surface area contributed by atoms with Crippen molar-refractivity contribution in [2.75, 3.05) is 37.4 Å². The molecule has 1 aromatic heterocycles. The van der Waals surface area contributed by atoms with E-state index in [1.807, 2.05) is 19.9 Å². The number of sulfonamides is 1. The van der Waals surface area contributed by atoms with Crippen LogP contribution in [0.25, 0.3) is 0 Å². The van der Waals surface area contributed by atoms with E-state index in [9.17, 15) is 18.5 Å². The molecule has 1 aliphatic heterocycles. The van der Waals surface area contributed by atoms with Gasteiger partial charge >= 0.3 is 0 Å². The van der Waals surface area contributed by atoms with Gasteiger partial charge in [0, 0.05) is 24.5 Å². The Bertz CT molecular complexity index is 1140. The van der Waals surface area contributed by atoms with E-state index in [1.54, 1.807) is 19.1 Å². The second kappa shape index (κ2) is 9.78. The molecule has 0 radical (unpaired) electrons. The molecule has 0 saturated carbocycles. The first kappa shape index (κ1) is 23.2. The number of amides is 1. The lowest BCUT2D eigenvalue weighted by Crippen LogP contribution is -2.40. The standard InChI is InChI=1S/C21H24N4O4S2/c1-14-4-5-17(31(27,28)25-6-8-29-9-7-25)11-19(14)24-20(26)13-30-21-18(12-22)15(2)10-16(3)23-21/h4-5,10-11H,6-9,13H2,1-3H3,(H,24,26). The van der Waals surface area contributed by atoms with Gasteiger partial charge in [-0.3, -0.25) is 4.79 Å². The van der Waals surface area contributed by atoms with E-state index in [4.69, 9.17) is 4.74 Å². The van der Waals surface area contributed by atoms with Crippen LogP contribution in [-0.4, -0.2) is 55.7 Å². The van der Waals surface area contributed by atoms with Crippen LogP contribution in [0.1, 0.15) is 22.4 Å². The number of hydrogen-bond acceptors (Lipinski definition) is 7. The Balaban J connectivity index is 1.74. The van der Waals surface area contributed by atoms with Gasteiger partial charge in [0.05, 0.1) is 29.4 Å². The summed E-state index contributed by atoms with van der Waals surface area (Å²) in [6.45, 7) is 6.81. The Morgan fingerprint density at radius 2 is 1.94 bits per heavy atom. The average Bonchev–Trinajstić information content (AvgIpc) is 2.74. The van der Waals surface area contributed by atoms with E-state index in [-0.39, 0.29) is 16.6 Å². The highest BCUT2D eigenvalue weighted by Gasteiger charge is 2.27. The summed E-state index contributed by atoms with van der Waals surface area (Å²) < 4.78 is 32.4. The van der Waals surface area contributed by atoms with Gasteiger partial charge in [-0.15, -0.1) is 0 Å². The second-order valence-corrected chi connectivity index (χ2v) is 10.1. The number of morpholine rings is 1. The first-order chi connectivity index (χ1) is 14.7. The molecule has 8 nitrogen and oxygen atoms in total. The zero-order valence-corrected chi connectivity index (χ0v) is 19.3. The fraction of sp³-hybridized carbons (Fsp3) is 0.381. The maximum absolute atomic E-state index is 12.9. The van der Waals surface area contributed by atoms with E-state index in [2.05, 4.69) is 16.4 Å². The molecule has 0 atom stereocenters. The van der Waals surface area contributed by atoms with Crippen LogP contribution in [0.4, 0.5) is 5.69 Å². The summed E-state index contributed by atoms with van der Waals surface area (Å²) in [5.74, 6) is -0.261. The number of rotatable bonds is 6. The lowest BCUT2D eigenvalue weighted by atomic mass is 10.1. The molecule has 0 aliphatic carbocycles. The third kappa shape index (κ3) is 5.43. The number of benzene rings is 1. The average molecular weight is 461 g/mol. The van der Waals surface area contributed by atoms with Crippen LogP contribution in [0.2, 0.25) is 0 Å². The smallest absolute Gasteiger partial charge is 0.243 e. The van der Waals surface area contributed by atoms with Crippen LogP contribution >= 0.6 is 11.8 Å². The van der Waals surface area contributed by atoms with Crippen molar-refractivity contribution in [1.82, 2.24) is 9.29 Å². The molecule has 10 heteroatoms. The van der Waals surface area contributed by atoms with Crippen molar-refractivity contribution in [1.29, 1.82) is 5.26 Å². The predicted molar refractivity (Wildman–Crippen MR) is 119 cm³/mol. The molecule has 2 heterocycles. The predicted octanol–water partition coefficient (Wildman–Crippen LogP) is 2.63. The molecule has 1 aliphatic rings. The number of nitrogens with zero attached hydrogens (tertiary/aromatic N) is 3. The number of anilines is 1. The summed E-state index contributed by atoms with van der Waals surface area (Å²) in [4.78, 5) is 17.0. The molecule has 0 spiro atoms. The zero-order chi connectivity index (χ0) is 22.6. The van der Waals surface area contributed by atoms with Gasteiger partial charge in [-0.2, -0.15) is 9.57 Å². The van der Waals surface area contributed by atoms with Crippen LogP contribution in [0.15, 0.2) is 34.2 Å². The van der Waals surface area contributed by atoms with E-state index in [0.717, 1.165) is 16.8 Å². The number of nitrogens with one attached hydrogen (secondary N) is 1. The summed E-state index contributed by atoms with van der Waals surface area (Å²) in [5, 5.41) is 12.7. The molecule has 31 heavy (non-hydrogen) atoms. The Labute approximate surface area is 186 Å². The highest BCUT2D eigenvalue weighted by Crippen LogP contribution is 2.26. The van der Waals surface area contributed by atoms with Crippen LogP contribution in [0, 0.1) is 32.1 Å². The van der Waals surface area contributed by atoms with Gasteiger partial charge in [-0.05, 0) is 50.1 Å². The summed E-state index contributed by atoms with van der Waals surface area (Å²) in [6.07, 6.45) is 0. The molecular weight excluding hydrogens is 436 g/mol. The molecule has 2 aromatic rings. The molecule has 164 valence electrons. The summed E-state index contributed by atoms with van der Waals surface area (Å²) in [6, 6.07) is 8.66. The molecule has 0 bridgehead atoms. The van der Waals surface area contributed by atoms with E-state index in [0.29, 0.717) is 42.6 Å². The Morgan fingerprint density at radius 1 is 1.23 bits per heavy atom. The van der Waals surface area contributed by atoms with E-state index in [1.165, 1.54) is 22.1 Å². The van der Waals surface area contributed by atoms with Gasteiger partial charge in [0.15, 0.2) is 0 Å². The number of aryl methyl sites for hydroxylation is 3. The van der Waals surface area contributed by atoms with Crippen molar-refractivity contribution in [3.05, 3.63) is 46.6 Å². The minimum atomic E-state index is -3.66. The van der Waals surface area contributed by atoms with Gasteiger partial charge < -0.3 is 10.1 Å². The minimum absolute atomic E-state index is 0.0461. The van der Waals surface area contributed by atoms with E-state index < -0.39 is 10.0 Å². The van der Waals surface area contributed by atoms with Gasteiger partial charge in [-0.25, -0.2) is 13.4 Å².